The second-order valence-electron chi connectivity index (χ2n) is 9.52. The normalized spacial score (nSPS) is 13.5. The van der Waals surface area contributed by atoms with Crippen LogP contribution in [0, 0.1) is 0 Å². The zero-order chi connectivity index (χ0) is 29.7. The summed E-state index contributed by atoms with van der Waals surface area (Å²) >= 11 is 0. The molecule has 0 saturated carbocycles. The Bertz CT molecular complexity index is 1620. The van der Waals surface area contributed by atoms with Crippen molar-refractivity contribution in [3.05, 3.63) is 111 Å². The predicted octanol–water partition coefficient (Wildman–Crippen LogP) is 3.70. The van der Waals surface area contributed by atoms with Crippen molar-refractivity contribution in [2.75, 3.05) is 31.2 Å². The van der Waals surface area contributed by atoms with Gasteiger partial charge in [-0.25, -0.2) is 9.78 Å². The number of alkyl halides is 3. The van der Waals surface area contributed by atoms with Gasteiger partial charge in [0.1, 0.15) is 17.3 Å². The lowest BCUT2D eigenvalue weighted by molar-refractivity contribution is -0.274. The number of aromatic nitrogens is 3. The number of ether oxygens (including phenoxy) is 2. The van der Waals surface area contributed by atoms with Gasteiger partial charge in [-0.1, -0.05) is 42.5 Å². The molecule has 218 valence electrons. The number of hydrogen-bond donors (Lipinski definition) is 2. The summed E-state index contributed by atoms with van der Waals surface area (Å²) in [5.41, 5.74) is -0.238. The Labute approximate surface area is 237 Å². The molecule has 4 aromatic rings. The van der Waals surface area contributed by atoms with E-state index in [0.717, 1.165) is 11.9 Å². The summed E-state index contributed by atoms with van der Waals surface area (Å²) in [4.78, 5) is 49.1. The zero-order valence-electron chi connectivity index (χ0n) is 22.2. The number of hydrogen-bond acceptors (Lipinski definition) is 7. The molecule has 1 aliphatic rings. The second kappa shape index (κ2) is 12.3. The molecule has 2 N–H and O–H groups in total. The van der Waals surface area contributed by atoms with E-state index in [1.165, 1.54) is 17.0 Å². The largest absolute Gasteiger partial charge is 0.573 e. The Morgan fingerprint density at radius 2 is 1.69 bits per heavy atom. The van der Waals surface area contributed by atoms with Crippen molar-refractivity contribution in [2.45, 2.75) is 19.5 Å². The van der Waals surface area contributed by atoms with Crippen LogP contribution in [0.5, 0.6) is 5.75 Å². The lowest BCUT2D eigenvalue weighted by Gasteiger charge is -2.27. The molecule has 1 fully saturated rings. The van der Waals surface area contributed by atoms with Gasteiger partial charge in [0.15, 0.2) is 0 Å². The minimum atomic E-state index is -5.00. The van der Waals surface area contributed by atoms with E-state index in [1.807, 2.05) is 4.98 Å². The molecule has 1 saturated heterocycles. The molecule has 3 heterocycles. The van der Waals surface area contributed by atoms with Gasteiger partial charge in [-0.2, -0.15) is 0 Å². The van der Waals surface area contributed by atoms with Gasteiger partial charge in [0.05, 0.1) is 19.8 Å². The lowest BCUT2D eigenvalue weighted by atomic mass is 10.0. The number of amides is 1. The number of carbonyl (C=O) groups is 1. The molecule has 0 aliphatic carbocycles. The highest BCUT2D eigenvalue weighted by atomic mass is 19.4. The van der Waals surface area contributed by atoms with Gasteiger partial charge in [-0.05, 0) is 29.3 Å². The number of aromatic amines is 2. The summed E-state index contributed by atoms with van der Waals surface area (Å²) in [7, 11) is 0. The first kappa shape index (κ1) is 28.6. The van der Waals surface area contributed by atoms with E-state index in [-0.39, 0.29) is 24.3 Å². The third-order valence-corrected chi connectivity index (χ3v) is 6.56. The highest BCUT2D eigenvalue weighted by Crippen LogP contribution is 2.33. The Hall–Kier alpha value is -4.91. The van der Waals surface area contributed by atoms with Gasteiger partial charge < -0.3 is 24.3 Å². The monoisotopic (exact) mass is 581 g/mol. The van der Waals surface area contributed by atoms with Crippen LogP contribution in [-0.2, 0) is 17.8 Å². The molecule has 0 bridgehead atoms. The van der Waals surface area contributed by atoms with Crippen molar-refractivity contribution in [3.63, 3.8) is 0 Å². The van der Waals surface area contributed by atoms with E-state index < -0.39 is 29.3 Å². The van der Waals surface area contributed by atoms with E-state index in [4.69, 9.17) is 4.74 Å². The van der Waals surface area contributed by atoms with Crippen LogP contribution < -0.4 is 20.9 Å². The standard InChI is InChI=1S/C29H26F3N5O5/c30-29(31,32)42-24-14-20(21-8-9-25(33-16-21)36-10-12-41-13-11-36)6-7-22(24)18-37(17-19-4-2-1-3-5-19)27(39)23-15-26(38)35-28(40)34-23/h1-9,14-16H,10-13,17-18H2,(H2,34,35,38,40). The van der Waals surface area contributed by atoms with Crippen LogP contribution in [0.15, 0.2) is 82.5 Å². The maximum Gasteiger partial charge on any atom is 0.573 e. The van der Waals surface area contributed by atoms with E-state index in [2.05, 4.69) is 19.6 Å². The van der Waals surface area contributed by atoms with Crippen LogP contribution in [0.1, 0.15) is 21.6 Å². The summed E-state index contributed by atoms with van der Waals surface area (Å²) in [6.45, 7) is 2.21. The minimum Gasteiger partial charge on any atom is -0.405 e. The van der Waals surface area contributed by atoms with Crippen LogP contribution in [0.4, 0.5) is 19.0 Å². The van der Waals surface area contributed by atoms with Crippen LogP contribution in [-0.4, -0.2) is 58.4 Å². The summed E-state index contributed by atoms with van der Waals surface area (Å²) in [5, 5.41) is 0. The third-order valence-electron chi connectivity index (χ3n) is 6.56. The number of anilines is 1. The fourth-order valence-electron chi connectivity index (χ4n) is 4.58. The molecular weight excluding hydrogens is 555 g/mol. The Morgan fingerprint density at radius 1 is 0.952 bits per heavy atom. The number of nitrogens with one attached hydrogen (secondary N) is 2. The first-order valence-corrected chi connectivity index (χ1v) is 13.0. The summed E-state index contributed by atoms with van der Waals surface area (Å²) < 4.78 is 50.3. The minimum absolute atomic E-state index is 0.0192. The molecule has 5 rings (SSSR count). The van der Waals surface area contributed by atoms with E-state index in [9.17, 15) is 27.6 Å². The average Bonchev–Trinajstić information content (AvgIpc) is 2.97. The van der Waals surface area contributed by atoms with E-state index in [0.29, 0.717) is 43.0 Å². The smallest absolute Gasteiger partial charge is 0.405 e. The quantitative estimate of drug-likeness (QED) is 0.326. The average molecular weight is 582 g/mol. The number of H-pyrrole nitrogens is 2. The van der Waals surface area contributed by atoms with E-state index >= 15 is 0 Å². The molecule has 0 unspecified atom stereocenters. The molecule has 10 nitrogen and oxygen atoms in total. The van der Waals surface area contributed by atoms with Crippen LogP contribution >= 0.6 is 0 Å². The highest BCUT2D eigenvalue weighted by molar-refractivity contribution is 5.92. The van der Waals surface area contributed by atoms with Gasteiger partial charge in [0, 0.05) is 43.0 Å². The number of rotatable bonds is 8. The maximum absolute atomic E-state index is 13.5. The van der Waals surface area contributed by atoms with Gasteiger partial charge in [0.2, 0.25) is 0 Å². The lowest BCUT2D eigenvalue weighted by Crippen LogP contribution is -2.36. The molecule has 2 aromatic heterocycles. The number of carbonyl (C=O) groups excluding carboxylic acids is 1. The number of benzene rings is 2. The number of pyridine rings is 1. The van der Waals surface area contributed by atoms with Gasteiger partial charge in [0.25, 0.3) is 11.5 Å². The Kier molecular flexibility index (Phi) is 8.38. The van der Waals surface area contributed by atoms with E-state index in [1.54, 1.807) is 54.7 Å². The van der Waals surface area contributed by atoms with Crippen LogP contribution in [0.2, 0.25) is 0 Å². The topological polar surface area (TPSA) is 121 Å². The molecule has 0 radical (unpaired) electrons. The second-order valence-corrected chi connectivity index (χ2v) is 9.52. The fraction of sp³-hybridized carbons (Fsp3) is 0.241. The molecule has 13 heteroatoms. The number of morpholine rings is 1. The van der Waals surface area contributed by atoms with Crippen LogP contribution in [0.3, 0.4) is 0 Å². The van der Waals surface area contributed by atoms with Crippen molar-refractivity contribution in [1.82, 2.24) is 19.9 Å². The van der Waals surface area contributed by atoms with Crippen molar-refractivity contribution in [2.24, 2.45) is 0 Å². The Balaban J connectivity index is 1.47. The van der Waals surface area contributed by atoms with Gasteiger partial charge in [-0.3, -0.25) is 14.6 Å². The SMILES string of the molecule is O=C(c1cc(=O)[nH]c(=O)[nH]1)N(Cc1ccccc1)Cc1ccc(-c2ccc(N3CCOCC3)nc2)cc1OC(F)(F)F. The molecule has 1 aliphatic heterocycles. The van der Waals surface area contributed by atoms with Crippen molar-refractivity contribution >= 4 is 11.7 Å². The molecular formula is C29H26F3N5O5. The number of halogens is 3. The molecule has 2 aromatic carbocycles. The number of nitrogens with zero attached hydrogens (tertiary/aromatic N) is 3. The summed E-state index contributed by atoms with van der Waals surface area (Å²) in [6, 6.07) is 17.5. The van der Waals surface area contributed by atoms with Crippen molar-refractivity contribution < 1.29 is 27.4 Å². The fourth-order valence-corrected chi connectivity index (χ4v) is 4.58. The van der Waals surface area contributed by atoms with Crippen molar-refractivity contribution in [3.8, 4) is 16.9 Å². The van der Waals surface area contributed by atoms with Gasteiger partial charge >= 0.3 is 12.1 Å². The summed E-state index contributed by atoms with van der Waals surface area (Å²) in [6.07, 6.45) is -3.43. The molecule has 1 amide bonds. The van der Waals surface area contributed by atoms with Crippen LogP contribution in [0.25, 0.3) is 11.1 Å². The first-order valence-electron chi connectivity index (χ1n) is 13.0. The summed E-state index contributed by atoms with van der Waals surface area (Å²) in [5.74, 6) is -0.521. The highest BCUT2D eigenvalue weighted by Gasteiger charge is 2.33. The maximum atomic E-state index is 13.5. The van der Waals surface area contributed by atoms with Gasteiger partial charge in [-0.15, -0.1) is 13.2 Å². The first-order chi connectivity index (χ1) is 20.1. The third kappa shape index (κ3) is 7.23. The Morgan fingerprint density at radius 3 is 2.36 bits per heavy atom. The molecule has 0 spiro atoms. The zero-order valence-corrected chi connectivity index (χ0v) is 22.2. The molecule has 0 atom stereocenters. The molecule has 42 heavy (non-hydrogen) atoms. The van der Waals surface area contributed by atoms with Crippen molar-refractivity contribution in [1.29, 1.82) is 0 Å². The predicted molar refractivity (Wildman–Crippen MR) is 147 cm³/mol.